The largest absolute Gasteiger partial charge is 0.220 e. The van der Waals surface area contributed by atoms with Crippen molar-refractivity contribution < 1.29 is 0 Å². The van der Waals surface area contributed by atoms with Crippen molar-refractivity contribution in [1.29, 1.82) is 0 Å². The van der Waals surface area contributed by atoms with Gasteiger partial charge in [-0.25, -0.2) is 4.09 Å². The predicted molar refractivity (Wildman–Crippen MR) is 43.3 cm³/mol. The third-order valence-electron chi connectivity index (χ3n) is 0.848. The molecule has 0 aliphatic heterocycles. The number of halogens is 1. The second-order valence-electron chi connectivity index (χ2n) is 1.66. The Kier molecular flexibility index (Phi) is 1.93. The van der Waals surface area contributed by atoms with E-state index in [9.17, 15) is 0 Å². The van der Waals surface area contributed by atoms with Gasteiger partial charge in [0, 0.05) is 0 Å². The van der Waals surface area contributed by atoms with Crippen molar-refractivity contribution in [2.75, 3.05) is 6.26 Å². The molecule has 0 radical (unpaired) electrons. The van der Waals surface area contributed by atoms with Crippen molar-refractivity contribution in [3.63, 3.8) is 0 Å². The van der Waals surface area contributed by atoms with E-state index in [0.29, 0.717) is 5.02 Å². The number of aromatic nitrogens is 2. The van der Waals surface area contributed by atoms with E-state index in [0.717, 1.165) is 0 Å². The second kappa shape index (κ2) is 2.54. The Morgan fingerprint density at radius 3 is 2.78 bits per heavy atom. The number of hydrogen-bond acceptors (Lipinski definition) is 1. The normalized spacial score (nSPS) is 13.6. The Hall–Kier alpha value is -0.280. The summed E-state index contributed by atoms with van der Waals surface area (Å²) in [7, 11) is -0.0870. The summed E-state index contributed by atoms with van der Waals surface area (Å²) in [5, 5.41) is 4.61. The summed E-state index contributed by atoms with van der Waals surface area (Å²) in [6.45, 7) is 0. The highest BCUT2D eigenvalue weighted by Gasteiger charge is 1.91. The van der Waals surface area contributed by atoms with Gasteiger partial charge in [0.05, 0.1) is 17.4 Å². The van der Waals surface area contributed by atoms with Crippen LogP contribution < -0.4 is 0 Å². The van der Waals surface area contributed by atoms with Crippen molar-refractivity contribution in [3.05, 3.63) is 17.4 Å². The lowest BCUT2D eigenvalue weighted by atomic mass is 10.8. The van der Waals surface area contributed by atoms with E-state index in [-0.39, 0.29) is 10.7 Å². The van der Waals surface area contributed by atoms with Crippen LogP contribution in [-0.4, -0.2) is 21.3 Å². The summed E-state index contributed by atoms with van der Waals surface area (Å²) >= 11 is 5.60. The molecule has 4 heteroatoms. The maximum absolute atomic E-state index is 5.60. The fourth-order valence-corrected chi connectivity index (χ4v) is 1.15. The zero-order valence-electron chi connectivity index (χ0n) is 5.04. The smallest absolute Gasteiger partial charge is 0.0796 e. The topological polar surface area (TPSA) is 17.8 Å². The van der Waals surface area contributed by atoms with Gasteiger partial charge in [-0.1, -0.05) is 28.1 Å². The summed E-state index contributed by atoms with van der Waals surface area (Å²) < 4.78 is 1.74. The molecule has 0 amide bonds. The first-order chi connectivity index (χ1) is 4.20. The lowest BCUT2D eigenvalue weighted by Gasteiger charge is -1.95. The van der Waals surface area contributed by atoms with Crippen molar-refractivity contribution in [3.8, 4) is 0 Å². The van der Waals surface area contributed by atoms with Gasteiger partial charge >= 0.3 is 0 Å². The molecule has 1 rings (SSSR count). The van der Waals surface area contributed by atoms with Crippen LogP contribution in [-0.2, 0) is 0 Å². The van der Waals surface area contributed by atoms with Gasteiger partial charge in [-0.15, -0.1) is 0 Å². The van der Waals surface area contributed by atoms with Crippen molar-refractivity contribution in [2.24, 2.45) is 0 Å². The van der Waals surface area contributed by atoms with Gasteiger partial charge in [-0.3, -0.25) is 0 Å². The number of rotatable bonds is 1. The summed E-state index contributed by atoms with van der Waals surface area (Å²) in [4.78, 5) is 0. The van der Waals surface area contributed by atoms with E-state index in [2.05, 4.69) is 11.0 Å². The predicted octanol–water partition coefficient (Wildman–Crippen LogP) is 1.63. The van der Waals surface area contributed by atoms with E-state index in [4.69, 9.17) is 11.6 Å². The Labute approximate surface area is 61.5 Å². The summed E-state index contributed by atoms with van der Waals surface area (Å²) in [6.07, 6.45) is 5.34. The third kappa shape index (κ3) is 1.56. The van der Waals surface area contributed by atoms with Crippen LogP contribution in [0.4, 0.5) is 0 Å². The average Bonchev–Trinajstić information content (AvgIpc) is 2.14. The molecule has 1 atom stereocenters. The van der Waals surface area contributed by atoms with Crippen LogP contribution in [0.2, 0.25) is 5.02 Å². The Morgan fingerprint density at radius 2 is 2.56 bits per heavy atom. The van der Waals surface area contributed by atoms with E-state index in [1.165, 1.54) is 0 Å². The molecule has 1 aromatic heterocycles. The fraction of sp³-hybridized carbons (Fsp3) is 0.200. The van der Waals surface area contributed by atoms with Crippen molar-refractivity contribution >= 4 is 28.1 Å². The molecule has 0 spiro atoms. The lowest BCUT2D eigenvalue weighted by Crippen LogP contribution is -1.85. The molecular weight excluding hydrogens is 156 g/mol. The van der Waals surface area contributed by atoms with Crippen LogP contribution in [0.3, 0.4) is 0 Å². The highest BCUT2D eigenvalue weighted by atomic mass is 35.5. The first-order valence-corrected chi connectivity index (χ1v) is 4.50. The first-order valence-electron chi connectivity index (χ1n) is 2.36. The van der Waals surface area contributed by atoms with E-state index in [1.54, 1.807) is 16.5 Å². The molecule has 50 valence electrons. The van der Waals surface area contributed by atoms with Crippen molar-refractivity contribution in [1.82, 2.24) is 9.19 Å². The quantitative estimate of drug-likeness (QED) is 0.574. The van der Waals surface area contributed by atoms with Crippen LogP contribution in [0.15, 0.2) is 12.4 Å². The SMILES string of the molecule is C=S(C)n1cc(Cl)cn1. The molecule has 1 unspecified atom stereocenters. The summed E-state index contributed by atoms with van der Waals surface area (Å²) in [5.41, 5.74) is 0. The third-order valence-corrected chi connectivity index (χ3v) is 1.88. The molecule has 0 saturated heterocycles. The molecule has 0 saturated carbocycles. The molecular formula is C5H7ClN2S. The van der Waals surface area contributed by atoms with Crippen LogP contribution in [0, 0.1) is 0 Å². The highest BCUT2D eigenvalue weighted by Crippen LogP contribution is 2.11. The maximum atomic E-state index is 5.60. The van der Waals surface area contributed by atoms with Gasteiger partial charge in [-0.2, -0.15) is 5.10 Å². The van der Waals surface area contributed by atoms with Gasteiger partial charge in [0.1, 0.15) is 0 Å². The minimum absolute atomic E-state index is 0.0870. The molecule has 1 aromatic rings. The highest BCUT2D eigenvalue weighted by molar-refractivity contribution is 8.12. The van der Waals surface area contributed by atoms with Crippen molar-refractivity contribution in [2.45, 2.75) is 0 Å². The van der Waals surface area contributed by atoms with Crippen LogP contribution in [0.25, 0.3) is 0 Å². The van der Waals surface area contributed by atoms with Gasteiger partial charge in [-0.05, 0) is 6.26 Å². The fourth-order valence-electron chi connectivity index (χ4n) is 0.455. The maximum Gasteiger partial charge on any atom is 0.0796 e. The minimum Gasteiger partial charge on any atom is -0.220 e. The average molecular weight is 163 g/mol. The van der Waals surface area contributed by atoms with E-state index < -0.39 is 0 Å². The second-order valence-corrected chi connectivity index (χ2v) is 3.67. The standard InChI is InChI=1S/C5H7ClN2S/c1-9(2)8-4-5(6)3-7-8/h3-4H,1H2,2H3. The van der Waals surface area contributed by atoms with Gasteiger partial charge < -0.3 is 0 Å². The summed E-state index contributed by atoms with van der Waals surface area (Å²) in [6, 6.07) is 0. The Bertz CT molecular complexity index is 231. The number of hydrogen-bond donors (Lipinski definition) is 0. The van der Waals surface area contributed by atoms with Gasteiger partial charge in [0.2, 0.25) is 0 Å². The first kappa shape index (κ1) is 6.83. The monoisotopic (exact) mass is 162 g/mol. The molecule has 0 bridgehead atoms. The van der Waals surface area contributed by atoms with Crippen LogP contribution in [0.1, 0.15) is 0 Å². The van der Waals surface area contributed by atoms with Crippen LogP contribution >= 0.6 is 22.3 Å². The molecule has 0 aliphatic rings. The molecule has 1 heterocycles. The number of nitrogens with zero attached hydrogens (tertiary/aromatic N) is 2. The summed E-state index contributed by atoms with van der Waals surface area (Å²) in [5.74, 6) is 3.79. The minimum atomic E-state index is -0.0870. The van der Waals surface area contributed by atoms with E-state index in [1.807, 2.05) is 6.26 Å². The van der Waals surface area contributed by atoms with Gasteiger partial charge in [0.25, 0.3) is 0 Å². The zero-order valence-corrected chi connectivity index (χ0v) is 6.61. The zero-order chi connectivity index (χ0) is 6.85. The molecule has 0 aliphatic carbocycles. The Morgan fingerprint density at radius 1 is 1.89 bits per heavy atom. The van der Waals surface area contributed by atoms with Crippen LogP contribution in [0.5, 0.6) is 0 Å². The van der Waals surface area contributed by atoms with E-state index >= 15 is 0 Å². The lowest BCUT2D eigenvalue weighted by molar-refractivity contribution is 1.01. The molecule has 9 heavy (non-hydrogen) atoms. The molecule has 2 nitrogen and oxygen atoms in total. The molecule has 0 aromatic carbocycles. The molecule has 0 fully saturated rings. The molecule has 0 N–H and O–H groups in total. The van der Waals surface area contributed by atoms with Gasteiger partial charge in [0.15, 0.2) is 0 Å². The Balaban J connectivity index is 2.98.